The first-order chi connectivity index (χ1) is 12.2. The van der Waals surface area contributed by atoms with Crippen molar-refractivity contribution in [3.63, 3.8) is 0 Å². The number of hydrogen-bond acceptors (Lipinski definition) is 3. The third-order valence-electron chi connectivity index (χ3n) is 6.92. The standard InChI is InChI=1S/C20H28N4O/c25-19(24-20-10-13-8-15(11-20)16(9-13)12-20)22-7-5-17-4-3-14-2-1-6-21-18(14)23-17/h3-4,13,15-16H,1-2,5-12H2,(H,21,23)(H2,22,24,25). The molecule has 4 bridgehead atoms. The predicted molar refractivity (Wildman–Crippen MR) is 97.6 cm³/mol. The number of aryl methyl sites for hydroxylation is 1. The molecule has 5 nitrogen and oxygen atoms in total. The van der Waals surface area contributed by atoms with Crippen LogP contribution in [0.5, 0.6) is 0 Å². The number of rotatable bonds is 4. The summed E-state index contributed by atoms with van der Waals surface area (Å²) in [4.78, 5) is 17.1. The third kappa shape index (κ3) is 2.87. The second-order valence-corrected chi connectivity index (χ2v) is 8.72. The lowest BCUT2D eigenvalue weighted by Gasteiger charge is -2.39. The number of pyridine rings is 1. The van der Waals surface area contributed by atoms with Crippen LogP contribution in [0.1, 0.15) is 49.8 Å². The number of anilines is 1. The summed E-state index contributed by atoms with van der Waals surface area (Å²) >= 11 is 0. The highest BCUT2D eigenvalue weighted by Crippen LogP contribution is 2.59. The van der Waals surface area contributed by atoms with Crippen LogP contribution in [0.15, 0.2) is 12.1 Å². The third-order valence-corrected chi connectivity index (χ3v) is 6.92. The number of aromatic nitrogens is 1. The van der Waals surface area contributed by atoms with Crippen LogP contribution in [0.25, 0.3) is 0 Å². The summed E-state index contributed by atoms with van der Waals surface area (Å²) in [5, 5.41) is 9.76. The molecule has 134 valence electrons. The molecule has 1 aromatic rings. The zero-order chi connectivity index (χ0) is 16.9. The summed E-state index contributed by atoms with van der Waals surface area (Å²) in [5.74, 6) is 3.66. The molecular formula is C20H28N4O. The van der Waals surface area contributed by atoms with E-state index >= 15 is 0 Å². The van der Waals surface area contributed by atoms with Crippen molar-refractivity contribution in [2.24, 2.45) is 17.8 Å². The number of nitrogens with zero attached hydrogens (tertiary/aromatic N) is 1. The monoisotopic (exact) mass is 340 g/mol. The van der Waals surface area contributed by atoms with Crippen molar-refractivity contribution in [1.29, 1.82) is 0 Å². The molecular weight excluding hydrogens is 312 g/mol. The fourth-order valence-electron chi connectivity index (χ4n) is 6.06. The van der Waals surface area contributed by atoms with E-state index in [2.05, 4.69) is 28.1 Å². The van der Waals surface area contributed by atoms with Gasteiger partial charge in [-0.1, -0.05) is 6.07 Å². The highest BCUT2D eigenvalue weighted by Gasteiger charge is 2.56. The minimum atomic E-state index is 0.0121. The van der Waals surface area contributed by atoms with Gasteiger partial charge in [0, 0.05) is 30.7 Å². The molecule has 4 saturated carbocycles. The molecule has 0 radical (unpaired) electrons. The molecule has 5 heteroatoms. The number of carbonyl (C=O) groups is 1. The lowest BCUT2D eigenvalue weighted by molar-refractivity contribution is 0.178. The number of fused-ring (bicyclic) bond motifs is 1. The second kappa shape index (κ2) is 5.89. The van der Waals surface area contributed by atoms with Gasteiger partial charge in [0.2, 0.25) is 0 Å². The summed E-state index contributed by atoms with van der Waals surface area (Å²) in [7, 11) is 0. The Bertz CT molecular complexity index is 669. The molecule has 4 fully saturated rings. The summed E-state index contributed by atoms with van der Waals surface area (Å²) in [5.41, 5.74) is 2.46. The van der Waals surface area contributed by atoms with Gasteiger partial charge in [0.1, 0.15) is 5.82 Å². The van der Waals surface area contributed by atoms with Gasteiger partial charge in [-0.2, -0.15) is 0 Å². The lowest BCUT2D eigenvalue weighted by Crippen LogP contribution is -2.53. The van der Waals surface area contributed by atoms with E-state index in [1.54, 1.807) is 0 Å². The van der Waals surface area contributed by atoms with Gasteiger partial charge >= 0.3 is 6.03 Å². The van der Waals surface area contributed by atoms with Crippen LogP contribution in [0.2, 0.25) is 0 Å². The maximum absolute atomic E-state index is 12.4. The Balaban J connectivity index is 1.13. The van der Waals surface area contributed by atoms with Crippen molar-refractivity contribution >= 4 is 11.8 Å². The molecule has 25 heavy (non-hydrogen) atoms. The summed E-state index contributed by atoms with van der Waals surface area (Å²) in [6.45, 7) is 1.65. The minimum Gasteiger partial charge on any atom is -0.370 e. The Kier molecular flexibility index (Phi) is 3.64. The fraction of sp³-hybridized carbons (Fsp3) is 0.700. The van der Waals surface area contributed by atoms with E-state index in [1.165, 1.54) is 44.1 Å². The van der Waals surface area contributed by atoms with E-state index < -0.39 is 0 Å². The van der Waals surface area contributed by atoms with Gasteiger partial charge < -0.3 is 16.0 Å². The van der Waals surface area contributed by atoms with Gasteiger partial charge in [0.15, 0.2) is 0 Å². The molecule has 4 aliphatic carbocycles. The van der Waals surface area contributed by atoms with Crippen LogP contribution in [-0.2, 0) is 12.8 Å². The lowest BCUT2D eigenvalue weighted by atomic mass is 9.76. The Morgan fingerprint density at radius 1 is 1.24 bits per heavy atom. The highest BCUT2D eigenvalue weighted by molar-refractivity contribution is 5.75. The average molecular weight is 340 g/mol. The van der Waals surface area contributed by atoms with Crippen LogP contribution in [0.3, 0.4) is 0 Å². The number of amides is 2. The first-order valence-electron chi connectivity index (χ1n) is 9.98. The normalized spacial score (nSPS) is 34.5. The van der Waals surface area contributed by atoms with Crippen molar-refractivity contribution in [3.05, 3.63) is 23.4 Å². The molecule has 2 atom stereocenters. The van der Waals surface area contributed by atoms with Crippen LogP contribution < -0.4 is 16.0 Å². The van der Waals surface area contributed by atoms with Gasteiger partial charge in [-0.15, -0.1) is 0 Å². The number of urea groups is 1. The van der Waals surface area contributed by atoms with Gasteiger partial charge in [0.05, 0.1) is 0 Å². The molecule has 1 aliphatic heterocycles. The van der Waals surface area contributed by atoms with E-state index in [4.69, 9.17) is 4.98 Å². The Morgan fingerprint density at radius 3 is 2.88 bits per heavy atom. The van der Waals surface area contributed by atoms with Gasteiger partial charge in [-0.3, -0.25) is 0 Å². The second-order valence-electron chi connectivity index (χ2n) is 8.72. The molecule has 0 saturated heterocycles. The van der Waals surface area contributed by atoms with Crippen LogP contribution in [0, 0.1) is 17.8 Å². The largest absolute Gasteiger partial charge is 0.370 e. The summed E-state index contributed by atoms with van der Waals surface area (Å²) < 4.78 is 0. The SMILES string of the molecule is O=C(NCCc1ccc2c(n1)NCCC2)NC12CC3CC(C1)C(C3)C2. The van der Waals surface area contributed by atoms with E-state index in [9.17, 15) is 4.79 Å². The predicted octanol–water partition coefficient (Wildman–Crippen LogP) is 2.86. The average Bonchev–Trinajstić information content (AvgIpc) is 3.01. The summed E-state index contributed by atoms with van der Waals surface area (Å²) in [6.07, 6.45) is 9.51. The van der Waals surface area contributed by atoms with Crippen LogP contribution in [-0.4, -0.2) is 29.6 Å². The molecule has 3 N–H and O–H groups in total. The molecule has 2 amide bonds. The van der Waals surface area contributed by atoms with Gasteiger partial charge in [-0.05, 0) is 74.3 Å². The molecule has 6 rings (SSSR count). The highest BCUT2D eigenvalue weighted by atomic mass is 16.2. The number of hydrogen-bond donors (Lipinski definition) is 3. The van der Waals surface area contributed by atoms with Crippen molar-refractivity contribution in [1.82, 2.24) is 15.6 Å². The summed E-state index contributed by atoms with van der Waals surface area (Å²) in [6, 6.07) is 4.29. The van der Waals surface area contributed by atoms with E-state index in [-0.39, 0.29) is 11.6 Å². The Hall–Kier alpha value is -1.78. The van der Waals surface area contributed by atoms with Crippen molar-refractivity contribution < 1.29 is 4.79 Å². The molecule has 2 heterocycles. The molecule has 1 aromatic heterocycles. The van der Waals surface area contributed by atoms with Crippen LogP contribution in [0.4, 0.5) is 10.6 Å². The first-order valence-corrected chi connectivity index (χ1v) is 9.98. The number of carbonyl (C=O) groups excluding carboxylic acids is 1. The first kappa shape index (κ1) is 15.5. The van der Waals surface area contributed by atoms with Crippen molar-refractivity contribution in [3.8, 4) is 0 Å². The number of nitrogens with one attached hydrogen (secondary N) is 3. The quantitative estimate of drug-likeness (QED) is 0.790. The van der Waals surface area contributed by atoms with Crippen LogP contribution >= 0.6 is 0 Å². The minimum absolute atomic E-state index is 0.0121. The zero-order valence-electron chi connectivity index (χ0n) is 14.8. The van der Waals surface area contributed by atoms with E-state index in [0.29, 0.717) is 6.54 Å². The Morgan fingerprint density at radius 2 is 2.08 bits per heavy atom. The van der Waals surface area contributed by atoms with Gasteiger partial charge in [0.25, 0.3) is 0 Å². The zero-order valence-corrected chi connectivity index (χ0v) is 14.8. The molecule has 5 aliphatic rings. The molecule has 2 unspecified atom stereocenters. The maximum Gasteiger partial charge on any atom is 0.315 e. The smallest absolute Gasteiger partial charge is 0.315 e. The molecule has 0 spiro atoms. The van der Waals surface area contributed by atoms with Crippen molar-refractivity contribution in [2.75, 3.05) is 18.4 Å². The Labute approximate surface area is 149 Å². The van der Waals surface area contributed by atoms with Crippen molar-refractivity contribution in [2.45, 2.75) is 56.9 Å². The molecule has 0 aromatic carbocycles. The van der Waals surface area contributed by atoms with E-state index in [0.717, 1.165) is 48.7 Å². The fourth-order valence-corrected chi connectivity index (χ4v) is 6.06. The van der Waals surface area contributed by atoms with E-state index in [1.807, 2.05) is 0 Å². The topological polar surface area (TPSA) is 66.0 Å². The van der Waals surface area contributed by atoms with Gasteiger partial charge in [-0.25, -0.2) is 9.78 Å². The maximum atomic E-state index is 12.4.